The van der Waals surface area contributed by atoms with Gasteiger partial charge in [0, 0.05) is 12.8 Å². The van der Waals surface area contributed by atoms with Crippen molar-refractivity contribution >= 4 is 11.6 Å². The van der Waals surface area contributed by atoms with Crippen molar-refractivity contribution in [1.82, 2.24) is 0 Å². The van der Waals surface area contributed by atoms with Crippen LogP contribution in [0, 0.1) is 5.82 Å². The van der Waals surface area contributed by atoms with Gasteiger partial charge in [0.1, 0.15) is 11.6 Å². The van der Waals surface area contributed by atoms with E-state index in [1.807, 2.05) is 0 Å². The van der Waals surface area contributed by atoms with Crippen LogP contribution in [0.4, 0.5) is 4.39 Å². The van der Waals surface area contributed by atoms with Crippen LogP contribution >= 0.6 is 0 Å². The van der Waals surface area contributed by atoms with Crippen molar-refractivity contribution in [3.8, 4) is 5.75 Å². The van der Waals surface area contributed by atoms with Crippen LogP contribution in [0.15, 0.2) is 48.5 Å². The molecule has 0 heterocycles. The molecular formula is C17H15FO3. The van der Waals surface area contributed by atoms with Crippen molar-refractivity contribution in [3.63, 3.8) is 0 Å². The van der Waals surface area contributed by atoms with E-state index in [4.69, 9.17) is 4.74 Å². The Hall–Kier alpha value is -2.49. The van der Waals surface area contributed by atoms with Gasteiger partial charge in [-0.15, -0.1) is 0 Å². The fourth-order valence-electron chi connectivity index (χ4n) is 1.96. The van der Waals surface area contributed by atoms with E-state index in [1.165, 1.54) is 18.2 Å². The zero-order chi connectivity index (χ0) is 15.2. The first-order chi connectivity index (χ1) is 10.1. The Kier molecular flexibility index (Phi) is 4.82. The first-order valence-corrected chi connectivity index (χ1v) is 6.52. The van der Waals surface area contributed by atoms with Gasteiger partial charge >= 0.3 is 0 Å². The molecule has 0 unspecified atom stereocenters. The second kappa shape index (κ2) is 6.79. The summed E-state index contributed by atoms with van der Waals surface area (Å²) in [6.07, 6.45) is -0.0368. The highest BCUT2D eigenvalue weighted by Gasteiger charge is 2.15. The van der Waals surface area contributed by atoms with E-state index in [1.54, 1.807) is 37.4 Å². The summed E-state index contributed by atoms with van der Waals surface area (Å²) < 4.78 is 18.1. The lowest BCUT2D eigenvalue weighted by Crippen LogP contribution is -2.18. The van der Waals surface area contributed by atoms with Gasteiger partial charge in [0.2, 0.25) is 11.6 Å². The predicted octanol–water partition coefficient (Wildman–Crippen LogP) is 2.76. The van der Waals surface area contributed by atoms with Crippen LogP contribution in [0.2, 0.25) is 0 Å². The van der Waals surface area contributed by atoms with Crippen LogP contribution in [0.25, 0.3) is 0 Å². The summed E-state index contributed by atoms with van der Waals surface area (Å²) in [4.78, 5) is 23.7. The average molecular weight is 286 g/mol. The Labute approximate surface area is 122 Å². The Morgan fingerprint density at radius 1 is 0.952 bits per heavy atom. The molecule has 2 rings (SSSR count). The molecule has 0 atom stereocenters. The van der Waals surface area contributed by atoms with Gasteiger partial charge in [-0.05, 0) is 35.4 Å². The van der Waals surface area contributed by atoms with E-state index < -0.39 is 17.4 Å². The van der Waals surface area contributed by atoms with Gasteiger partial charge in [-0.25, -0.2) is 4.39 Å². The molecule has 108 valence electrons. The van der Waals surface area contributed by atoms with Crippen molar-refractivity contribution in [2.45, 2.75) is 12.8 Å². The van der Waals surface area contributed by atoms with E-state index in [0.717, 1.165) is 5.56 Å². The fraction of sp³-hybridized carbons (Fsp3) is 0.176. The molecular weight excluding hydrogens is 271 g/mol. The Morgan fingerprint density at radius 2 is 1.57 bits per heavy atom. The van der Waals surface area contributed by atoms with Crippen molar-refractivity contribution in [3.05, 3.63) is 65.5 Å². The molecule has 0 bridgehead atoms. The monoisotopic (exact) mass is 286 g/mol. The average Bonchev–Trinajstić information content (AvgIpc) is 2.48. The minimum Gasteiger partial charge on any atom is -0.497 e. The molecule has 4 heteroatoms. The van der Waals surface area contributed by atoms with Crippen LogP contribution in [0.3, 0.4) is 0 Å². The van der Waals surface area contributed by atoms with Crippen molar-refractivity contribution in [1.29, 1.82) is 0 Å². The molecule has 0 amide bonds. The van der Waals surface area contributed by atoms with Gasteiger partial charge in [-0.2, -0.15) is 0 Å². The van der Waals surface area contributed by atoms with E-state index in [0.29, 0.717) is 11.3 Å². The molecule has 0 aromatic heterocycles. The molecule has 0 saturated carbocycles. The predicted molar refractivity (Wildman–Crippen MR) is 76.8 cm³/mol. The highest BCUT2D eigenvalue weighted by molar-refractivity contribution is 6.38. The zero-order valence-corrected chi connectivity index (χ0v) is 11.6. The molecule has 0 saturated heterocycles. The molecule has 0 aliphatic rings. The molecule has 0 fully saturated rings. The number of methoxy groups -OCH3 is 1. The van der Waals surface area contributed by atoms with Crippen LogP contribution in [0.5, 0.6) is 5.75 Å². The maximum absolute atomic E-state index is 13.0. The summed E-state index contributed by atoms with van der Waals surface area (Å²) in [6, 6.07) is 12.7. The number of Topliss-reactive ketones (excluding diaryl/α,β-unsaturated/α-hetero) is 2. The minimum absolute atomic E-state index is 0.0398. The van der Waals surface area contributed by atoms with E-state index in [2.05, 4.69) is 0 Å². The Morgan fingerprint density at radius 3 is 2.14 bits per heavy atom. The molecule has 0 N–H and O–H groups in total. The molecule has 0 spiro atoms. The third-order valence-corrected chi connectivity index (χ3v) is 3.09. The SMILES string of the molecule is COc1ccc(CC(=O)C(=O)Cc2cccc(F)c2)cc1. The number of benzene rings is 2. The number of hydrogen-bond acceptors (Lipinski definition) is 3. The molecule has 3 nitrogen and oxygen atoms in total. The maximum atomic E-state index is 13.0. The highest BCUT2D eigenvalue weighted by atomic mass is 19.1. The van der Waals surface area contributed by atoms with Crippen molar-refractivity contribution < 1.29 is 18.7 Å². The zero-order valence-electron chi connectivity index (χ0n) is 11.6. The first-order valence-electron chi connectivity index (χ1n) is 6.52. The summed E-state index contributed by atoms with van der Waals surface area (Å²) in [5.74, 6) is -0.721. The second-order valence-corrected chi connectivity index (χ2v) is 4.68. The van der Waals surface area contributed by atoms with E-state index >= 15 is 0 Å². The first kappa shape index (κ1) is 14.9. The lowest BCUT2D eigenvalue weighted by atomic mass is 10.0. The van der Waals surface area contributed by atoms with Gasteiger partial charge in [0.15, 0.2) is 0 Å². The Bertz CT molecular complexity index is 647. The number of carbonyl (C=O) groups is 2. The van der Waals surface area contributed by atoms with Crippen molar-refractivity contribution in [2.75, 3.05) is 7.11 Å². The number of ether oxygens (including phenoxy) is 1. The number of hydrogen-bond donors (Lipinski definition) is 0. The summed E-state index contributed by atoms with van der Waals surface area (Å²) in [5, 5.41) is 0. The number of ketones is 2. The van der Waals surface area contributed by atoms with Gasteiger partial charge in [0.05, 0.1) is 7.11 Å². The lowest BCUT2D eigenvalue weighted by Gasteiger charge is -2.03. The molecule has 21 heavy (non-hydrogen) atoms. The van der Waals surface area contributed by atoms with Crippen LogP contribution in [-0.4, -0.2) is 18.7 Å². The number of rotatable bonds is 6. The molecule has 0 aliphatic heterocycles. The largest absolute Gasteiger partial charge is 0.497 e. The molecule has 0 radical (unpaired) electrons. The number of halogens is 1. The second-order valence-electron chi connectivity index (χ2n) is 4.68. The normalized spacial score (nSPS) is 10.2. The standard InChI is InChI=1S/C17H15FO3/c1-21-15-7-5-12(6-8-15)10-16(19)17(20)11-13-3-2-4-14(18)9-13/h2-9H,10-11H2,1H3. The molecule has 2 aromatic rings. The van der Waals surface area contributed by atoms with Crippen LogP contribution < -0.4 is 4.74 Å². The smallest absolute Gasteiger partial charge is 0.203 e. The lowest BCUT2D eigenvalue weighted by molar-refractivity contribution is -0.135. The van der Waals surface area contributed by atoms with Gasteiger partial charge in [-0.1, -0.05) is 24.3 Å². The van der Waals surface area contributed by atoms with Gasteiger partial charge in [0.25, 0.3) is 0 Å². The third kappa shape index (κ3) is 4.24. The Balaban J connectivity index is 1.97. The third-order valence-electron chi connectivity index (χ3n) is 3.09. The maximum Gasteiger partial charge on any atom is 0.203 e. The minimum atomic E-state index is -0.517. The quantitative estimate of drug-likeness (QED) is 0.767. The molecule has 0 aliphatic carbocycles. The van der Waals surface area contributed by atoms with Crippen LogP contribution in [0.1, 0.15) is 11.1 Å². The van der Waals surface area contributed by atoms with Gasteiger partial charge < -0.3 is 4.74 Å². The summed E-state index contributed by atoms with van der Waals surface area (Å²) in [5.41, 5.74) is 1.25. The topological polar surface area (TPSA) is 43.4 Å². The van der Waals surface area contributed by atoms with Crippen molar-refractivity contribution in [2.24, 2.45) is 0 Å². The van der Waals surface area contributed by atoms with Gasteiger partial charge in [-0.3, -0.25) is 9.59 Å². The van der Waals surface area contributed by atoms with E-state index in [9.17, 15) is 14.0 Å². The van der Waals surface area contributed by atoms with E-state index in [-0.39, 0.29) is 12.8 Å². The molecule has 2 aromatic carbocycles. The highest BCUT2D eigenvalue weighted by Crippen LogP contribution is 2.12. The summed E-state index contributed by atoms with van der Waals surface area (Å²) in [6.45, 7) is 0. The summed E-state index contributed by atoms with van der Waals surface area (Å²) >= 11 is 0. The number of carbonyl (C=O) groups excluding carboxylic acids is 2. The fourth-order valence-corrected chi connectivity index (χ4v) is 1.96. The van der Waals surface area contributed by atoms with Crippen LogP contribution in [-0.2, 0) is 22.4 Å². The summed E-state index contributed by atoms with van der Waals surface area (Å²) in [7, 11) is 1.56.